The van der Waals surface area contributed by atoms with Gasteiger partial charge >= 0.3 is 5.97 Å². The van der Waals surface area contributed by atoms with E-state index in [0.717, 1.165) is 49.6 Å². The van der Waals surface area contributed by atoms with Gasteiger partial charge in [-0.05, 0) is 37.7 Å². The summed E-state index contributed by atoms with van der Waals surface area (Å²) in [6.07, 6.45) is 7.32. The minimum atomic E-state index is -1.11. The molecule has 1 aliphatic carbocycles. The molecule has 0 radical (unpaired) electrons. The number of hydrogen-bond donors (Lipinski definition) is 1. The van der Waals surface area contributed by atoms with E-state index in [0.29, 0.717) is 24.6 Å². The van der Waals surface area contributed by atoms with Gasteiger partial charge in [0.1, 0.15) is 5.76 Å². The summed E-state index contributed by atoms with van der Waals surface area (Å²) in [5.41, 5.74) is 2.11. The lowest BCUT2D eigenvalue weighted by molar-refractivity contribution is 0.0662. The Morgan fingerprint density at radius 2 is 2.12 bits per heavy atom. The molecule has 24 heavy (non-hydrogen) atoms. The molecule has 1 atom stereocenters. The fraction of sp³-hybridized carbons (Fsp3) is 0.471. The zero-order valence-corrected chi connectivity index (χ0v) is 13.2. The predicted octanol–water partition coefficient (Wildman–Crippen LogP) is 2.47. The van der Waals surface area contributed by atoms with E-state index in [1.165, 1.54) is 0 Å². The number of carboxylic acid groups (broad SMARTS) is 1. The fourth-order valence-electron chi connectivity index (χ4n) is 3.76. The second-order valence-corrected chi connectivity index (χ2v) is 6.38. The van der Waals surface area contributed by atoms with Crippen molar-refractivity contribution in [1.82, 2.24) is 9.88 Å². The highest BCUT2D eigenvalue weighted by Gasteiger charge is 2.33. The first-order valence-corrected chi connectivity index (χ1v) is 8.20. The van der Waals surface area contributed by atoms with Crippen LogP contribution in [0.3, 0.4) is 0 Å². The van der Waals surface area contributed by atoms with E-state index in [1.807, 2.05) is 0 Å². The molecule has 0 spiro atoms. The number of likely N-dealkylation sites (tertiary alicyclic amines) is 1. The van der Waals surface area contributed by atoms with Crippen LogP contribution in [0.4, 0.5) is 0 Å². The predicted molar refractivity (Wildman–Crippen MR) is 82.1 cm³/mol. The van der Waals surface area contributed by atoms with Crippen molar-refractivity contribution in [2.75, 3.05) is 13.1 Å². The highest BCUT2D eigenvalue weighted by molar-refractivity contribution is 5.93. The van der Waals surface area contributed by atoms with Crippen molar-refractivity contribution in [3.8, 4) is 0 Å². The maximum absolute atomic E-state index is 12.8. The van der Waals surface area contributed by atoms with E-state index in [4.69, 9.17) is 8.83 Å². The largest absolute Gasteiger partial charge is 0.476 e. The summed E-state index contributed by atoms with van der Waals surface area (Å²) in [5, 5.41) is 9.20. The molecule has 1 fully saturated rings. The first-order chi connectivity index (χ1) is 11.6. The number of aryl methyl sites for hydroxylation is 1. The minimum Gasteiger partial charge on any atom is -0.476 e. The number of nitrogens with zero attached hydrogens (tertiary/aromatic N) is 2. The molecule has 1 unspecified atom stereocenters. The molecule has 1 amide bonds. The van der Waals surface area contributed by atoms with Gasteiger partial charge in [-0.25, -0.2) is 9.78 Å². The molecule has 7 heteroatoms. The molecule has 2 aliphatic rings. The van der Waals surface area contributed by atoms with Crippen LogP contribution < -0.4 is 0 Å². The Morgan fingerprint density at radius 3 is 2.96 bits per heavy atom. The van der Waals surface area contributed by atoms with Crippen molar-refractivity contribution < 1.29 is 23.5 Å². The normalized spacial score (nSPS) is 20.2. The van der Waals surface area contributed by atoms with E-state index in [2.05, 4.69) is 4.98 Å². The number of carbonyl (C=O) groups is 2. The van der Waals surface area contributed by atoms with Crippen molar-refractivity contribution in [3.63, 3.8) is 0 Å². The standard InChI is InChI=1S/C17H18N2O5/c20-16(15-12-5-1-3-11(12)8-23-15)19-6-2-4-10(7-19)14-13(17(21)22)18-9-24-14/h8-10H,1-7H2,(H,21,22). The van der Waals surface area contributed by atoms with Gasteiger partial charge in [0.15, 0.2) is 17.8 Å². The third kappa shape index (κ3) is 2.40. The number of furan rings is 1. The SMILES string of the molecule is O=C(O)c1ncoc1C1CCCN(C(=O)c2occ3c2CCC3)C1. The van der Waals surface area contributed by atoms with Crippen LogP contribution >= 0.6 is 0 Å². The third-order valence-electron chi connectivity index (χ3n) is 4.92. The highest BCUT2D eigenvalue weighted by Crippen LogP contribution is 2.32. The molecule has 0 bridgehead atoms. The third-order valence-corrected chi connectivity index (χ3v) is 4.92. The maximum atomic E-state index is 12.8. The summed E-state index contributed by atoms with van der Waals surface area (Å²) in [5.74, 6) is -0.576. The summed E-state index contributed by atoms with van der Waals surface area (Å²) in [6.45, 7) is 1.06. The number of carboxylic acids is 1. The monoisotopic (exact) mass is 330 g/mol. The van der Waals surface area contributed by atoms with E-state index in [-0.39, 0.29) is 17.5 Å². The first-order valence-electron chi connectivity index (χ1n) is 8.20. The van der Waals surface area contributed by atoms with Gasteiger partial charge in [0.25, 0.3) is 5.91 Å². The van der Waals surface area contributed by atoms with Gasteiger partial charge < -0.3 is 18.8 Å². The first kappa shape index (κ1) is 15.0. The maximum Gasteiger partial charge on any atom is 0.358 e. The van der Waals surface area contributed by atoms with Gasteiger partial charge in [0, 0.05) is 24.6 Å². The Morgan fingerprint density at radius 1 is 1.25 bits per heavy atom. The summed E-state index contributed by atoms with van der Waals surface area (Å²) >= 11 is 0. The van der Waals surface area contributed by atoms with Crippen LogP contribution in [-0.2, 0) is 12.8 Å². The molecule has 1 saturated heterocycles. The zero-order valence-electron chi connectivity index (χ0n) is 13.2. The lowest BCUT2D eigenvalue weighted by atomic mass is 9.94. The number of aromatic carboxylic acids is 1. The van der Waals surface area contributed by atoms with Gasteiger partial charge in [-0.2, -0.15) is 0 Å². The second kappa shape index (κ2) is 5.81. The molecule has 126 valence electrons. The topological polar surface area (TPSA) is 96.8 Å². The Kier molecular flexibility index (Phi) is 3.63. The van der Waals surface area contributed by atoms with Crippen molar-refractivity contribution in [2.45, 2.75) is 38.0 Å². The molecule has 4 rings (SSSR count). The molecule has 1 N–H and O–H groups in total. The number of hydrogen-bond acceptors (Lipinski definition) is 5. The number of rotatable bonds is 3. The van der Waals surface area contributed by atoms with Crippen molar-refractivity contribution in [1.29, 1.82) is 0 Å². The summed E-state index contributed by atoms with van der Waals surface area (Å²) in [7, 11) is 0. The van der Waals surface area contributed by atoms with Gasteiger partial charge in [0.2, 0.25) is 0 Å². The van der Waals surface area contributed by atoms with E-state index in [1.54, 1.807) is 11.2 Å². The molecule has 1 aliphatic heterocycles. The van der Waals surface area contributed by atoms with Gasteiger partial charge in [-0.15, -0.1) is 0 Å². The quantitative estimate of drug-likeness (QED) is 0.928. The van der Waals surface area contributed by atoms with Crippen LogP contribution in [-0.4, -0.2) is 40.0 Å². The molecular formula is C17H18N2O5. The Balaban J connectivity index is 1.55. The molecule has 7 nitrogen and oxygen atoms in total. The van der Waals surface area contributed by atoms with Crippen LogP contribution in [0.25, 0.3) is 0 Å². The molecule has 3 heterocycles. The molecule has 2 aromatic heterocycles. The van der Waals surface area contributed by atoms with Gasteiger partial charge in [-0.3, -0.25) is 4.79 Å². The Bertz CT molecular complexity index is 791. The molecule has 0 saturated carbocycles. The average Bonchev–Trinajstić information content (AvgIpc) is 3.30. The second-order valence-electron chi connectivity index (χ2n) is 6.38. The number of fused-ring (bicyclic) bond motifs is 1. The average molecular weight is 330 g/mol. The summed E-state index contributed by atoms with van der Waals surface area (Å²) in [6, 6.07) is 0. The number of piperidine rings is 1. The van der Waals surface area contributed by atoms with Crippen LogP contribution in [0.5, 0.6) is 0 Å². The number of oxazole rings is 1. The van der Waals surface area contributed by atoms with Crippen LogP contribution in [0.2, 0.25) is 0 Å². The lowest BCUT2D eigenvalue weighted by Gasteiger charge is -2.31. The zero-order chi connectivity index (χ0) is 16.7. The van der Waals surface area contributed by atoms with E-state index in [9.17, 15) is 14.7 Å². The van der Waals surface area contributed by atoms with Crippen LogP contribution in [0.1, 0.15) is 63.1 Å². The Labute approximate surface area is 138 Å². The van der Waals surface area contributed by atoms with Crippen LogP contribution in [0.15, 0.2) is 21.5 Å². The van der Waals surface area contributed by atoms with Gasteiger partial charge in [-0.1, -0.05) is 0 Å². The number of aromatic nitrogens is 1. The number of carbonyl (C=O) groups excluding carboxylic acids is 1. The van der Waals surface area contributed by atoms with Gasteiger partial charge in [0.05, 0.1) is 6.26 Å². The Hall–Kier alpha value is -2.57. The summed E-state index contributed by atoms with van der Waals surface area (Å²) in [4.78, 5) is 29.6. The van der Waals surface area contributed by atoms with Crippen LogP contribution in [0, 0.1) is 0 Å². The number of amides is 1. The smallest absolute Gasteiger partial charge is 0.358 e. The van der Waals surface area contributed by atoms with Crippen molar-refractivity contribution in [2.24, 2.45) is 0 Å². The van der Waals surface area contributed by atoms with Crippen molar-refractivity contribution >= 4 is 11.9 Å². The van der Waals surface area contributed by atoms with Crippen molar-refractivity contribution in [3.05, 3.63) is 41.0 Å². The van der Waals surface area contributed by atoms with E-state index >= 15 is 0 Å². The molecule has 0 aromatic carbocycles. The lowest BCUT2D eigenvalue weighted by Crippen LogP contribution is -2.39. The highest BCUT2D eigenvalue weighted by atomic mass is 16.4. The summed E-state index contributed by atoms with van der Waals surface area (Å²) < 4.78 is 10.8. The minimum absolute atomic E-state index is 0.0619. The molecule has 2 aromatic rings. The van der Waals surface area contributed by atoms with E-state index < -0.39 is 5.97 Å². The fourth-order valence-corrected chi connectivity index (χ4v) is 3.76. The molecular weight excluding hydrogens is 312 g/mol.